The largest absolute Gasteiger partial charge is 0.335 e. The molecule has 7 nitrogen and oxygen atoms in total. The van der Waals surface area contributed by atoms with Crippen LogP contribution in [-0.4, -0.2) is 45.7 Å². The van der Waals surface area contributed by atoms with Gasteiger partial charge in [-0.2, -0.15) is 0 Å². The van der Waals surface area contributed by atoms with E-state index in [1.165, 1.54) is 30.6 Å². The molecule has 156 valence electrons. The first-order valence-corrected chi connectivity index (χ1v) is 11.5. The van der Waals surface area contributed by atoms with Crippen LogP contribution < -0.4 is 15.5 Å². The second-order valence-corrected chi connectivity index (χ2v) is 8.84. The minimum absolute atomic E-state index is 0.0261. The Hall–Kier alpha value is -2.19. The van der Waals surface area contributed by atoms with Crippen molar-refractivity contribution in [2.24, 2.45) is 0 Å². The highest BCUT2D eigenvalue weighted by Gasteiger charge is 2.23. The SMILES string of the molecule is O=C(NC1CCCCC1)NC1CCN(Cn2c(-c3ccccn3)csc2=O)CC1. The fourth-order valence-corrected chi connectivity index (χ4v) is 5.00. The maximum Gasteiger partial charge on any atom is 0.315 e. The van der Waals surface area contributed by atoms with E-state index >= 15 is 0 Å². The van der Waals surface area contributed by atoms with Crippen molar-refractivity contribution in [2.45, 2.75) is 63.7 Å². The van der Waals surface area contributed by atoms with Crippen LogP contribution in [0, 0.1) is 0 Å². The van der Waals surface area contributed by atoms with Gasteiger partial charge in [0.25, 0.3) is 0 Å². The van der Waals surface area contributed by atoms with Crippen molar-refractivity contribution in [1.82, 2.24) is 25.1 Å². The van der Waals surface area contributed by atoms with Crippen LogP contribution in [0.1, 0.15) is 44.9 Å². The van der Waals surface area contributed by atoms with E-state index in [9.17, 15) is 9.59 Å². The minimum Gasteiger partial charge on any atom is -0.335 e. The predicted molar refractivity (Wildman–Crippen MR) is 115 cm³/mol. The van der Waals surface area contributed by atoms with E-state index in [-0.39, 0.29) is 16.9 Å². The van der Waals surface area contributed by atoms with Crippen molar-refractivity contribution in [1.29, 1.82) is 0 Å². The van der Waals surface area contributed by atoms with E-state index in [0.29, 0.717) is 12.7 Å². The number of aromatic nitrogens is 2. The molecule has 1 aliphatic carbocycles. The Morgan fingerprint density at radius 2 is 1.79 bits per heavy atom. The second-order valence-electron chi connectivity index (χ2n) is 8.02. The third-order valence-corrected chi connectivity index (χ3v) is 6.68. The fraction of sp³-hybridized carbons (Fsp3) is 0.571. The summed E-state index contributed by atoms with van der Waals surface area (Å²) in [6.07, 6.45) is 9.45. The summed E-state index contributed by atoms with van der Waals surface area (Å²) in [7, 11) is 0. The number of pyridine rings is 1. The van der Waals surface area contributed by atoms with Crippen LogP contribution in [0.2, 0.25) is 0 Å². The Labute approximate surface area is 175 Å². The van der Waals surface area contributed by atoms with Gasteiger partial charge in [0.2, 0.25) is 0 Å². The number of urea groups is 1. The molecule has 0 bridgehead atoms. The highest BCUT2D eigenvalue weighted by Crippen LogP contribution is 2.20. The average molecular weight is 416 g/mol. The summed E-state index contributed by atoms with van der Waals surface area (Å²) in [4.78, 5) is 31.3. The van der Waals surface area contributed by atoms with Gasteiger partial charge in [0.15, 0.2) is 0 Å². The van der Waals surface area contributed by atoms with Crippen molar-refractivity contribution >= 4 is 17.4 Å². The summed E-state index contributed by atoms with van der Waals surface area (Å²) < 4.78 is 1.80. The number of hydrogen-bond donors (Lipinski definition) is 2. The average Bonchev–Trinajstić information content (AvgIpc) is 3.11. The smallest absolute Gasteiger partial charge is 0.315 e. The van der Waals surface area contributed by atoms with Gasteiger partial charge in [-0.25, -0.2) is 4.79 Å². The predicted octanol–water partition coefficient (Wildman–Crippen LogP) is 3.03. The first-order valence-electron chi connectivity index (χ1n) is 10.6. The number of piperidine rings is 1. The van der Waals surface area contributed by atoms with Gasteiger partial charge in [0.05, 0.1) is 18.1 Å². The number of hydrogen-bond acceptors (Lipinski definition) is 5. The van der Waals surface area contributed by atoms with E-state index in [1.807, 2.05) is 23.6 Å². The molecule has 1 saturated heterocycles. The van der Waals surface area contributed by atoms with Gasteiger partial charge in [0.1, 0.15) is 0 Å². The molecule has 3 heterocycles. The quantitative estimate of drug-likeness (QED) is 0.787. The molecule has 2 amide bonds. The second kappa shape index (κ2) is 9.54. The van der Waals surface area contributed by atoms with Crippen LogP contribution in [0.3, 0.4) is 0 Å². The Balaban J connectivity index is 1.28. The lowest BCUT2D eigenvalue weighted by Crippen LogP contribution is -2.50. The molecule has 2 aliphatic rings. The Kier molecular flexibility index (Phi) is 6.61. The Morgan fingerprint density at radius 1 is 1.07 bits per heavy atom. The fourth-order valence-electron chi connectivity index (χ4n) is 4.26. The van der Waals surface area contributed by atoms with Gasteiger partial charge in [-0.05, 0) is 37.8 Å². The van der Waals surface area contributed by atoms with Crippen LogP contribution in [0.25, 0.3) is 11.4 Å². The van der Waals surface area contributed by atoms with Gasteiger partial charge in [-0.15, -0.1) is 0 Å². The van der Waals surface area contributed by atoms with Gasteiger partial charge < -0.3 is 10.6 Å². The molecule has 2 N–H and O–H groups in total. The molecule has 2 aromatic heterocycles. The Morgan fingerprint density at radius 3 is 2.48 bits per heavy atom. The third-order valence-electron chi connectivity index (χ3n) is 5.91. The van der Waals surface area contributed by atoms with Crippen molar-refractivity contribution in [3.05, 3.63) is 39.4 Å². The number of likely N-dealkylation sites (tertiary alicyclic amines) is 1. The standard InChI is InChI=1S/C21H29N5O2S/c27-20(23-16-6-2-1-3-7-16)24-17-9-12-25(13-10-17)15-26-19(14-29-21(26)28)18-8-4-5-11-22-18/h4-5,8,11,14,16-17H,1-3,6-7,9-10,12-13,15H2,(H2,23,24,27). The van der Waals surface area contributed by atoms with Crippen molar-refractivity contribution < 1.29 is 4.79 Å². The lowest BCUT2D eigenvalue weighted by atomic mass is 9.96. The maximum atomic E-state index is 12.3. The molecule has 0 spiro atoms. The number of carbonyl (C=O) groups is 1. The first-order chi connectivity index (χ1) is 14.2. The summed E-state index contributed by atoms with van der Waals surface area (Å²) in [5, 5.41) is 8.16. The van der Waals surface area contributed by atoms with Gasteiger partial charge in [-0.1, -0.05) is 36.7 Å². The van der Waals surface area contributed by atoms with Gasteiger partial charge in [0, 0.05) is 36.8 Å². The molecular weight excluding hydrogens is 386 g/mol. The molecule has 2 fully saturated rings. The molecule has 2 aromatic rings. The van der Waals surface area contributed by atoms with E-state index in [0.717, 1.165) is 50.2 Å². The molecule has 0 atom stereocenters. The summed E-state index contributed by atoms with van der Waals surface area (Å²) in [6.45, 7) is 2.28. The Bertz CT molecular complexity index is 851. The molecule has 1 saturated carbocycles. The van der Waals surface area contributed by atoms with Crippen LogP contribution >= 0.6 is 11.3 Å². The molecule has 29 heavy (non-hydrogen) atoms. The summed E-state index contributed by atoms with van der Waals surface area (Å²) >= 11 is 1.22. The van der Waals surface area contributed by atoms with Crippen LogP contribution in [0.5, 0.6) is 0 Å². The molecule has 0 aromatic carbocycles. The molecule has 0 radical (unpaired) electrons. The number of amides is 2. The normalized spacial score (nSPS) is 19.2. The van der Waals surface area contributed by atoms with Gasteiger partial charge in [-0.3, -0.25) is 19.2 Å². The number of nitrogens with one attached hydrogen (secondary N) is 2. The lowest BCUT2D eigenvalue weighted by Gasteiger charge is -2.33. The number of nitrogens with zero attached hydrogens (tertiary/aromatic N) is 3. The van der Waals surface area contributed by atoms with Crippen LogP contribution in [-0.2, 0) is 6.67 Å². The van der Waals surface area contributed by atoms with Crippen molar-refractivity contribution in [3.8, 4) is 11.4 Å². The lowest BCUT2D eigenvalue weighted by molar-refractivity contribution is 0.158. The molecule has 4 rings (SSSR count). The zero-order chi connectivity index (χ0) is 20.1. The van der Waals surface area contributed by atoms with E-state index in [1.54, 1.807) is 10.8 Å². The topological polar surface area (TPSA) is 79.3 Å². The van der Waals surface area contributed by atoms with Crippen molar-refractivity contribution in [2.75, 3.05) is 13.1 Å². The molecule has 8 heteroatoms. The zero-order valence-corrected chi connectivity index (χ0v) is 17.5. The zero-order valence-electron chi connectivity index (χ0n) is 16.7. The molecule has 0 unspecified atom stereocenters. The first kappa shape index (κ1) is 20.1. The summed E-state index contributed by atoms with van der Waals surface area (Å²) in [6, 6.07) is 6.25. The summed E-state index contributed by atoms with van der Waals surface area (Å²) in [5.74, 6) is 0. The maximum absolute atomic E-state index is 12.3. The van der Waals surface area contributed by atoms with E-state index in [4.69, 9.17) is 0 Å². The van der Waals surface area contributed by atoms with E-state index < -0.39 is 0 Å². The number of thiazole rings is 1. The van der Waals surface area contributed by atoms with Crippen LogP contribution in [0.15, 0.2) is 34.6 Å². The highest BCUT2D eigenvalue weighted by molar-refractivity contribution is 7.07. The molecular formula is C21H29N5O2S. The molecule has 1 aliphatic heterocycles. The highest BCUT2D eigenvalue weighted by atomic mass is 32.1. The van der Waals surface area contributed by atoms with E-state index in [2.05, 4.69) is 20.5 Å². The van der Waals surface area contributed by atoms with Crippen LogP contribution in [0.4, 0.5) is 4.79 Å². The van der Waals surface area contributed by atoms with Crippen molar-refractivity contribution in [3.63, 3.8) is 0 Å². The monoisotopic (exact) mass is 415 g/mol. The minimum atomic E-state index is -0.0261. The van der Waals surface area contributed by atoms with Gasteiger partial charge >= 0.3 is 10.9 Å². The number of carbonyl (C=O) groups excluding carboxylic acids is 1. The summed E-state index contributed by atoms with van der Waals surface area (Å²) in [5.41, 5.74) is 1.69. The third kappa shape index (κ3) is 5.25. The number of rotatable bonds is 5.